The van der Waals surface area contributed by atoms with E-state index in [-0.39, 0.29) is 29.4 Å². The van der Waals surface area contributed by atoms with Crippen LogP contribution in [0.1, 0.15) is 50.6 Å². The lowest BCUT2D eigenvalue weighted by atomic mass is 9.98. The maximum absolute atomic E-state index is 6.07. The number of aliphatic imine (C=N–C) groups is 1. The fourth-order valence-corrected chi connectivity index (χ4v) is 2.93. The summed E-state index contributed by atoms with van der Waals surface area (Å²) in [6.45, 7) is 11.3. The Bertz CT molecular complexity index is 472. The van der Waals surface area contributed by atoms with Gasteiger partial charge in [0, 0.05) is 18.5 Å². The average molecular weight is 423 g/mol. The topological polar surface area (TPSA) is 67.4 Å². The number of rotatable bonds is 2. The molecule has 1 aliphatic rings. The molecule has 0 amide bonds. The Morgan fingerprint density at radius 3 is 2.48 bits per heavy atom. The Morgan fingerprint density at radius 2 is 1.95 bits per heavy atom. The predicted molar refractivity (Wildman–Crippen MR) is 99.3 cm³/mol. The van der Waals surface area contributed by atoms with Crippen molar-refractivity contribution in [2.24, 2.45) is 16.6 Å². The molecule has 1 aromatic rings. The molecule has 0 aliphatic carbocycles. The molecule has 0 bridgehead atoms. The summed E-state index contributed by atoms with van der Waals surface area (Å²) in [6.07, 6.45) is 2.40. The zero-order valence-corrected chi connectivity index (χ0v) is 16.4. The lowest BCUT2D eigenvalue weighted by Gasteiger charge is -2.30. The Labute approximate surface area is 148 Å². The van der Waals surface area contributed by atoms with Gasteiger partial charge in [0.25, 0.3) is 0 Å². The Balaban J connectivity index is 0.00000220. The van der Waals surface area contributed by atoms with Crippen LogP contribution in [0.15, 0.2) is 4.99 Å². The monoisotopic (exact) mass is 423 g/mol. The minimum Gasteiger partial charge on any atom is -0.370 e. The summed E-state index contributed by atoms with van der Waals surface area (Å²) in [5, 5.41) is 10.4. The minimum atomic E-state index is 0. The zero-order valence-electron chi connectivity index (χ0n) is 13.3. The summed E-state index contributed by atoms with van der Waals surface area (Å²) >= 11 is 1.63. The maximum atomic E-state index is 6.07. The lowest BCUT2D eigenvalue weighted by Crippen LogP contribution is -2.42. The van der Waals surface area contributed by atoms with Crippen LogP contribution < -0.4 is 5.73 Å². The molecule has 0 radical (unpaired) electrons. The van der Waals surface area contributed by atoms with Crippen molar-refractivity contribution in [2.75, 3.05) is 13.1 Å². The largest absolute Gasteiger partial charge is 0.370 e. The molecule has 120 valence electrons. The molecule has 0 spiro atoms. The number of hydrogen-bond donors (Lipinski definition) is 1. The molecule has 0 aromatic carbocycles. The normalized spacial score (nSPS) is 17.7. The molecule has 1 fully saturated rings. The standard InChI is InChI=1S/C14H25N5S.HI/c1-10-5-7-19(8-6-10)13(15)16-9-11-17-18-12(20-11)14(2,3)4;/h10H,5-9H2,1-4H3,(H2,15,16);1H. The quantitative estimate of drug-likeness (QED) is 0.451. The second-order valence-electron chi connectivity index (χ2n) is 6.59. The molecule has 1 saturated heterocycles. The first-order valence-electron chi connectivity index (χ1n) is 7.24. The van der Waals surface area contributed by atoms with Crippen molar-refractivity contribution < 1.29 is 0 Å². The van der Waals surface area contributed by atoms with E-state index in [2.05, 4.69) is 47.8 Å². The summed E-state index contributed by atoms with van der Waals surface area (Å²) in [5.41, 5.74) is 6.12. The van der Waals surface area contributed by atoms with Gasteiger partial charge in [-0.05, 0) is 18.8 Å². The van der Waals surface area contributed by atoms with Crippen molar-refractivity contribution in [2.45, 2.75) is 52.5 Å². The molecule has 0 unspecified atom stereocenters. The average Bonchev–Trinajstić information content (AvgIpc) is 2.85. The van der Waals surface area contributed by atoms with Crippen molar-refractivity contribution in [3.05, 3.63) is 10.0 Å². The molecule has 0 atom stereocenters. The first kappa shape index (κ1) is 18.6. The molecular weight excluding hydrogens is 397 g/mol. The molecule has 2 heterocycles. The summed E-state index contributed by atoms with van der Waals surface area (Å²) in [4.78, 5) is 6.64. The van der Waals surface area contributed by atoms with Gasteiger partial charge in [-0.25, -0.2) is 4.99 Å². The van der Waals surface area contributed by atoms with Crippen LogP contribution in [0.3, 0.4) is 0 Å². The highest BCUT2D eigenvalue weighted by molar-refractivity contribution is 14.0. The highest BCUT2D eigenvalue weighted by atomic mass is 127. The van der Waals surface area contributed by atoms with Crippen LogP contribution in [0.5, 0.6) is 0 Å². The predicted octanol–water partition coefficient (Wildman–Crippen LogP) is 3.00. The van der Waals surface area contributed by atoms with E-state index in [0.29, 0.717) is 12.5 Å². The third kappa shape index (κ3) is 5.36. The number of nitrogens with zero attached hydrogens (tertiary/aromatic N) is 4. The summed E-state index contributed by atoms with van der Waals surface area (Å²) < 4.78 is 0. The van der Waals surface area contributed by atoms with Crippen LogP contribution in [-0.4, -0.2) is 34.1 Å². The van der Waals surface area contributed by atoms with Gasteiger partial charge in [-0.1, -0.05) is 39.0 Å². The SMILES string of the molecule is CC1CCN(C(N)=NCc2nnc(C(C)(C)C)s2)CC1.I. The van der Waals surface area contributed by atoms with E-state index in [9.17, 15) is 0 Å². The molecule has 1 aliphatic heterocycles. The van der Waals surface area contributed by atoms with Gasteiger partial charge in [-0.15, -0.1) is 34.2 Å². The van der Waals surface area contributed by atoms with Gasteiger partial charge in [0.1, 0.15) is 10.0 Å². The van der Waals surface area contributed by atoms with E-state index in [1.165, 1.54) is 12.8 Å². The number of nitrogens with two attached hydrogens (primary N) is 1. The van der Waals surface area contributed by atoms with Gasteiger partial charge in [0.05, 0.1) is 6.54 Å². The molecule has 2 rings (SSSR count). The number of guanidine groups is 1. The fraction of sp³-hybridized carbons (Fsp3) is 0.786. The van der Waals surface area contributed by atoms with Crippen LogP contribution >= 0.6 is 35.3 Å². The van der Waals surface area contributed by atoms with Crippen LogP contribution in [0.2, 0.25) is 0 Å². The van der Waals surface area contributed by atoms with Crippen molar-refractivity contribution in [1.29, 1.82) is 0 Å². The van der Waals surface area contributed by atoms with E-state index < -0.39 is 0 Å². The van der Waals surface area contributed by atoms with E-state index in [1.807, 2.05) is 0 Å². The minimum absolute atomic E-state index is 0. The Morgan fingerprint density at radius 1 is 1.33 bits per heavy atom. The smallest absolute Gasteiger partial charge is 0.191 e. The third-order valence-electron chi connectivity index (χ3n) is 3.59. The van der Waals surface area contributed by atoms with Crippen molar-refractivity contribution in [3.63, 3.8) is 0 Å². The summed E-state index contributed by atoms with van der Waals surface area (Å²) in [7, 11) is 0. The number of piperidine rings is 1. The lowest BCUT2D eigenvalue weighted by molar-refractivity contribution is 0.277. The van der Waals surface area contributed by atoms with Gasteiger partial charge in [0.2, 0.25) is 0 Å². The zero-order chi connectivity index (χ0) is 14.8. The van der Waals surface area contributed by atoms with E-state index >= 15 is 0 Å². The highest BCUT2D eigenvalue weighted by Crippen LogP contribution is 2.25. The van der Waals surface area contributed by atoms with Gasteiger partial charge in [-0.3, -0.25) is 0 Å². The van der Waals surface area contributed by atoms with Crippen molar-refractivity contribution in [3.8, 4) is 0 Å². The summed E-state index contributed by atoms with van der Waals surface area (Å²) in [6, 6.07) is 0. The van der Waals surface area contributed by atoms with Gasteiger partial charge in [-0.2, -0.15) is 0 Å². The Kier molecular flexibility index (Phi) is 6.83. The maximum Gasteiger partial charge on any atom is 0.191 e. The summed E-state index contributed by atoms with van der Waals surface area (Å²) in [5.74, 6) is 1.45. The van der Waals surface area contributed by atoms with Crippen LogP contribution in [0.4, 0.5) is 0 Å². The van der Waals surface area contributed by atoms with E-state index in [4.69, 9.17) is 5.73 Å². The number of hydrogen-bond acceptors (Lipinski definition) is 4. The molecule has 21 heavy (non-hydrogen) atoms. The molecule has 1 aromatic heterocycles. The molecular formula is C14H26IN5S. The van der Waals surface area contributed by atoms with Crippen LogP contribution in [0.25, 0.3) is 0 Å². The van der Waals surface area contributed by atoms with Gasteiger partial charge >= 0.3 is 0 Å². The molecule has 5 nitrogen and oxygen atoms in total. The van der Waals surface area contributed by atoms with Crippen molar-refractivity contribution in [1.82, 2.24) is 15.1 Å². The molecule has 0 saturated carbocycles. The second-order valence-corrected chi connectivity index (χ2v) is 7.66. The first-order chi connectivity index (χ1) is 9.36. The first-order valence-corrected chi connectivity index (χ1v) is 8.05. The van der Waals surface area contributed by atoms with Crippen molar-refractivity contribution >= 4 is 41.3 Å². The third-order valence-corrected chi connectivity index (χ3v) is 4.93. The number of aromatic nitrogens is 2. The number of halogens is 1. The van der Waals surface area contributed by atoms with Gasteiger partial charge < -0.3 is 10.6 Å². The number of likely N-dealkylation sites (tertiary alicyclic amines) is 1. The van der Waals surface area contributed by atoms with E-state index in [1.54, 1.807) is 11.3 Å². The van der Waals surface area contributed by atoms with E-state index in [0.717, 1.165) is 29.0 Å². The Hall–Kier alpha value is -0.440. The molecule has 2 N–H and O–H groups in total. The fourth-order valence-electron chi connectivity index (χ4n) is 2.11. The van der Waals surface area contributed by atoms with Crippen LogP contribution in [0, 0.1) is 5.92 Å². The highest BCUT2D eigenvalue weighted by Gasteiger charge is 2.20. The van der Waals surface area contributed by atoms with Crippen LogP contribution in [-0.2, 0) is 12.0 Å². The second kappa shape index (κ2) is 7.71. The van der Waals surface area contributed by atoms with Gasteiger partial charge in [0.15, 0.2) is 5.96 Å². The molecule has 7 heteroatoms.